The maximum absolute atomic E-state index is 5.65. The highest BCUT2D eigenvalue weighted by molar-refractivity contribution is 9.10. The molecule has 0 saturated heterocycles. The lowest BCUT2D eigenvalue weighted by atomic mass is 10.1. The van der Waals surface area contributed by atoms with E-state index in [0.29, 0.717) is 6.54 Å². The summed E-state index contributed by atoms with van der Waals surface area (Å²) in [6, 6.07) is 4.19. The van der Waals surface area contributed by atoms with E-state index in [0.717, 1.165) is 28.8 Å². The number of fused-ring (bicyclic) bond motifs is 1. The molecule has 0 unspecified atom stereocenters. The van der Waals surface area contributed by atoms with Gasteiger partial charge < -0.3 is 4.74 Å². The standard InChI is InChI=1S/C11H10BrN3O/c12-10-3-8-1-2-16-11(8)9(4-10)5-15-7-13-6-14-15/h3-4,6-7H,1-2,5H2. The summed E-state index contributed by atoms with van der Waals surface area (Å²) in [7, 11) is 0. The number of nitrogens with zero attached hydrogens (tertiary/aromatic N) is 3. The molecule has 0 bridgehead atoms. The highest BCUT2D eigenvalue weighted by atomic mass is 79.9. The van der Waals surface area contributed by atoms with Gasteiger partial charge in [0, 0.05) is 16.5 Å². The van der Waals surface area contributed by atoms with Gasteiger partial charge in [-0.15, -0.1) is 0 Å². The van der Waals surface area contributed by atoms with Gasteiger partial charge in [-0.3, -0.25) is 0 Å². The van der Waals surface area contributed by atoms with Crippen LogP contribution in [0.5, 0.6) is 5.75 Å². The molecule has 1 aliphatic rings. The maximum atomic E-state index is 5.65. The van der Waals surface area contributed by atoms with Gasteiger partial charge in [-0.25, -0.2) is 9.67 Å². The van der Waals surface area contributed by atoms with Crippen LogP contribution in [0, 0.1) is 0 Å². The summed E-state index contributed by atoms with van der Waals surface area (Å²) in [5, 5.41) is 4.10. The Morgan fingerprint density at radius 2 is 2.38 bits per heavy atom. The molecule has 0 fully saturated rings. The molecule has 0 amide bonds. The number of hydrogen-bond donors (Lipinski definition) is 0. The van der Waals surface area contributed by atoms with Gasteiger partial charge in [-0.05, 0) is 17.7 Å². The lowest BCUT2D eigenvalue weighted by molar-refractivity contribution is 0.352. The molecule has 0 aliphatic carbocycles. The molecule has 0 radical (unpaired) electrons. The number of ether oxygens (including phenoxy) is 1. The molecule has 1 aromatic heterocycles. The first-order valence-electron chi connectivity index (χ1n) is 5.09. The second kappa shape index (κ2) is 3.90. The normalized spacial score (nSPS) is 13.6. The van der Waals surface area contributed by atoms with Gasteiger partial charge >= 0.3 is 0 Å². The molecule has 82 valence electrons. The molecule has 4 nitrogen and oxygen atoms in total. The minimum atomic E-state index is 0.696. The zero-order chi connectivity index (χ0) is 11.0. The van der Waals surface area contributed by atoms with Crippen molar-refractivity contribution in [2.24, 2.45) is 0 Å². The van der Waals surface area contributed by atoms with Crippen LogP contribution in [0.25, 0.3) is 0 Å². The summed E-state index contributed by atoms with van der Waals surface area (Å²) in [6.45, 7) is 1.47. The second-order valence-corrected chi connectivity index (χ2v) is 4.66. The Labute approximate surface area is 101 Å². The summed E-state index contributed by atoms with van der Waals surface area (Å²) >= 11 is 3.52. The number of aromatic nitrogens is 3. The maximum Gasteiger partial charge on any atom is 0.137 e. The van der Waals surface area contributed by atoms with Crippen molar-refractivity contribution in [2.75, 3.05) is 6.61 Å². The topological polar surface area (TPSA) is 39.9 Å². The van der Waals surface area contributed by atoms with E-state index in [-0.39, 0.29) is 0 Å². The van der Waals surface area contributed by atoms with Crippen molar-refractivity contribution in [2.45, 2.75) is 13.0 Å². The third kappa shape index (κ3) is 1.71. The molecule has 2 heterocycles. The van der Waals surface area contributed by atoms with Crippen molar-refractivity contribution in [3.63, 3.8) is 0 Å². The van der Waals surface area contributed by atoms with Crippen LogP contribution in [0.2, 0.25) is 0 Å². The van der Waals surface area contributed by atoms with Crippen LogP contribution in [0.4, 0.5) is 0 Å². The Morgan fingerprint density at radius 3 is 3.19 bits per heavy atom. The van der Waals surface area contributed by atoms with Crippen LogP contribution in [0.15, 0.2) is 29.3 Å². The zero-order valence-corrected chi connectivity index (χ0v) is 10.1. The molecule has 0 spiro atoms. The average molecular weight is 280 g/mol. The van der Waals surface area contributed by atoms with E-state index in [4.69, 9.17) is 4.74 Å². The fourth-order valence-corrected chi connectivity index (χ4v) is 2.51. The first-order valence-corrected chi connectivity index (χ1v) is 5.89. The van der Waals surface area contributed by atoms with Gasteiger partial charge in [0.15, 0.2) is 0 Å². The van der Waals surface area contributed by atoms with Crippen LogP contribution >= 0.6 is 15.9 Å². The molecule has 0 N–H and O–H groups in total. The van der Waals surface area contributed by atoms with Crippen LogP contribution in [0.3, 0.4) is 0 Å². The number of rotatable bonds is 2. The van der Waals surface area contributed by atoms with Crippen LogP contribution in [-0.4, -0.2) is 21.4 Å². The summed E-state index contributed by atoms with van der Waals surface area (Å²) in [5.74, 6) is 1.01. The molecule has 5 heteroatoms. The zero-order valence-electron chi connectivity index (χ0n) is 8.56. The van der Waals surface area contributed by atoms with Gasteiger partial charge in [-0.2, -0.15) is 5.10 Å². The van der Waals surface area contributed by atoms with Crippen molar-refractivity contribution >= 4 is 15.9 Å². The SMILES string of the molecule is Brc1cc2c(c(Cn3cncn3)c1)OCC2. The third-order valence-corrected chi connectivity index (χ3v) is 3.08. The number of halogens is 1. The first-order chi connectivity index (χ1) is 7.83. The summed E-state index contributed by atoms with van der Waals surface area (Å²) in [6.07, 6.45) is 4.24. The monoisotopic (exact) mass is 279 g/mol. The number of hydrogen-bond acceptors (Lipinski definition) is 3. The predicted molar refractivity (Wildman–Crippen MR) is 62.5 cm³/mol. The first kappa shape index (κ1) is 9.84. The van der Waals surface area contributed by atoms with E-state index in [1.165, 1.54) is 5.56 Å². The predicted octanol–water partition coefficient (Wildman–Crippen LogP) is 2.02. The van der Waals surface area contributed by atoms with E-state index in [1.807, 2.05) is 0 Å². The van der Waals surface area contributed by atoms with Gasteiger partial charge in [-0.1, -0.05) is 15.9 Å². The highest BCUT2D eigenvalue weighted by Crippen LogP contribution is 2.33. The molecule has 3 rings (SSSR count). The lowest BCUT2D eigenvalue weighted by Gasteiger charge is -2.08. The fraction of sp³-hybridized carbons (Fsp3) is 0.273. The molecular formula is C11H10BrN3O. The summed E-state index contributed by atoms with van der Waals surface area (Å²) in [4.78, 5) is 3.93. The van der Waals surface area contributed by atoms with Crippen LogP contribution in [0.1, 0.15) is 11.1 Å². The molecular weight excluding hydrogens is 270 g/mol. The quantitative estimate of drug-likeness (QED) is 0.845. The smallest absolute Gasteiger partial charge is 0.137 e. The van der Waals surface area contributed by atoms with E-state index in [2.05, 4.69) is 38.1 Å². The van der Waals surface area contributed by atoms with Crippen molar-refractivity contribution in [3.05, 3.63) is 40.4 Å². The lowest BCUT2D eigenvalue weighted by Crippen LogP contribution is -2.02. The Hall–Kier alpha value is -1.36. The van der Waals surface area contributed by atoms with Crippen molar-refractivity contribution in [1.29, 1.82) is 0 Å². The second-order valence-electron chi connectivity index (χ2n) is 3.74. The highest BCUT2D eigenvalue weighted by Gasteiger charge is 2.17. The molecule has 2 aromatic rings. The van der Waals surface area contributed by atoms with Gasteiger partial charge in [0.25, 0.3) is 0 Å². The van der Waals surface area contributed by atoms with Crippen LogP contribution < -0.4 is 4.74 Å². The molecule has 0 saturated carbocycles. The van der Waals surface area contributed by atoms with Gasteiger partial charge in [0.1, 0.15) is 18.4 Å². The minimum Gasteiger partial charge on any atom is -0.493 e. The Balaban J connectivity index is 2.00. The molecule has 0 atom stereocenters. The fourth-order valence-electron chi connectivity index (χ4n) is 1.95. The molecule has 1 aromatic carbocycles. The van der Waals surface area contributed by atoms with E-state index >= 15 is 0 Å². The van der Waals surface area contributed by atoms with E-state index in [1.54, 1.807) is 17.3 Å². The average Bonchev–Trinajstić information content (AvgIpc) is 2.87. The van der Waals surface area contributed by atoms with Crippen molar-refractivity contribution < 1.29 is 4.74 Å². The Kier molecular flexibility index (Phi) is 2.40. The Bertz CT molecular complexity index is 510. The van der Waals surface area contributed by atoms with Crippen molar-refractivity contribution in [3.8, 4) is 5.75 Å². The summed E-state index contributed by atoms with van der Waals surface area (Å²) in [5.41, 5.74) is 2.41. The Morgan fingerprint density at radius 1 is 1.44 bits per heavy atom. The number of benzene rings is 1. The largest absolute Gasteiger partial charge is 0.493 e. The minimum absolute atomic E-state index is 0.696. The summed E-state index contributed by atoms with van der Waals surface area (Å²) < 4.78 is 8.54. The third-order valence-electron chi connectivity index (χ3n) is 2.62. The van der Waals surface area contributed by atoms with E-state index < -0.39 is 0 Å². The van der Waals surface area contributed by atoms with Crippen molar-refractivity contribution in [1.82, 2.24) is 14.8 Å². The van der Waals surface area contributed by atoms with Gasteiger partial charge in [0.05, 0.1) is 13.2 Å². The van der Waals surface area contributed by atoms with Gasteiger partial charge in [0.2, 0.25) is 0 Å². The van der Waals surface area contributed by atoms with Crippen LogP contribution in [-0.2, 0) is 13.0 Å². The molecule has 1 aliphatic heterocycles. The van der Waals surface area contributed by atoms with E-state index in [9.17, 15) is 0 Å². The molecule has 16 heavy (non-hydrogen) atoms.